The third-order valence-electron chi connectivity index (χ3n) is 2.42. The predicted molar refractivity (Wildman–Crippen MR) is 48.5 cm³/mol. The molecule has 1 saturated carbocycles. The highest BCUT2D eigenvalue weighted by Gasteiger charge is 2.57. The summed E-state index contributed by atoms with van der Waals surface area (Å²) in [6.07, 6.45) is -0.0353. The third kappa shape index (κ3) is 1.55. The van der Waals surface area contributed by atoms with Gasteiger partial charge in [-0.1, -0.05) is 23.7 Å². The van der Waals surface area contributed by atoms with Gasteiger partial charge in [0.05, 0.1) is 5.92 Å². The van der Waals surface area contributed by atoms with E-state index in [1.165, 1.54) is 0 Å². The number of halogens is 3. The highest BCUT2D eigenvalue weighted by Crippen LogP contribution is 2.55. The number of aryl methyl sites for hydroxylation is 1. The summed E-state index contributed by atoms with van der Waals surface area (Å²) in [5, 5.41) is 0.570. The van der Waals surface area contributed by atoms with Crippen molar-refractivity contribution in [1.29, 1.82) is 0 Å². The molecule has 1 atom stereocenters. The van der Waals surface area contributed by atoms with E-state index in [4.69, 9.17) is 11.6 Å². The lowest BCUT2D eigenvalue weighted by Gasteiger charge is -2.02. The van der Waals surface area contributed by atoms with Crippen molar-refractivity contribution >= 4 is 11.6 Å². The van der Waals surface area contributed by atoms with Crippen LogP contribution in [0.5, 0.6) is 0 Å². The van der Waals surface area contributed by atoms with E-state index in [2.05, 4.69) is 0 Å². The zero-order valence-electron chi connectivity index (χ0n) is 7.15. The molecule has 0 aromatic heterocycles. The largest absolute Gasteiger partial charge is 0.255 e. The lowest BCUT2D eigenvalue weighted by atomic mass is 10.1. The molecule has 0 nitrogen and oxygen atoms in total. The molecule has 0 saturated heterocycles. The second-order valence-electron chi connectivity index (χ2n) is 3.53. The molecule has 1 fully saturated rings. The van der Waals surface area contributed by atoms with Gasteiger partial charge in [-0.2, -0.15) is 0 Å². The first kappa shape index (κ1) is 8.95. The highest BCUT2D eigenvalue weighted by molar-refractivity contribution is 6.31. The molecular formula is C10H9ClF2. The first-order valence-electron chi connectivity index (χ1n) is 4.14. The molecule has 0 radical (unpaired) electrons. The maximum atomic E-state index is 12.7. The van der Waals surface area contributed by atoms with Gasteiger partial charge < -0.3 is 0 Å². The van der Waals surface area contributed by atoms with E-state index >= 15 is 0 Å². The number of alkyl halides is 2. The maximum Gasteiger partial charge on any atom is 0.255 e. The first-order valence-corrected chi connectivity index (χ1v) is 4.52. The second-order valence-corrected chi connectivity index (χ2v) is 3.93. The molecule has 0 N–H and O–H groups in total. The van der Waals surface area contributed by atoms with Crippen LogP contribution in [0.1, 0.15) is 23.5 Å². The van der Waals surface area contributed by atoms with Gasteiger partial charge in [-0.3, -0.25) is 0 Å². The van der Waals surface area contributed by atoms with Gasteiger partial charge in [0.15, 0.2) is 0 Å². The van der Waals surface area contributed by atoms with E-state index in [0.717, 1.165) is 5.56 Å². The fraction of sp³-hybridized carbons (Fsp3) is 0.400. The Kier molecular flexibility index (Phi) is 1.84. The minimum atomic E-state index is -2.50. The molecule has 3 heteroatoms. The number of rotatable bonds is 1. The summed E-state index contributed by atoms with van der Waals surface area (Å²) in [5.74, 6) is -3.11. The zero-order valence-corrected chi connectivity index (χ0v) is 7.91. The smallest absolute Gasteiger partial charge is 0.206 e. The standard InChI is InChI=1S/C10H9ClF2/c1-6-2-3-7(4-9(6)11)8-5-10(8,12)13/h2-4,8H,5H2,1H3. The van der Waals surface area contributed by atoms with Gasteiger partial charge in [-0.05, 0) is 24.1 Å². The van der Waals surface area contributed by atoms with E-state index in [-0.39, 0.29) is 6.42 Å². The van der Waals surface area contributed by atoms with Crippen molar-refractivity contribution in [2.45, 2.75) is 25.2 Å². The molecule has 1 aliphatic carbocycles. The molecule has 0 heterocycles. The fourth-order valence-corrected chi connectivity index (χ4v) is 1.59. The highest BCUT2D eigenvalue weighted by atomic mass is 35.5. The maximum absolute atomic E-state index is 12.7. The summed E-state index contributed by atoms with van der Waals surface area (Å²) in [6.45, 7) is 1.86. The lowest BCUT2D eigenvalue weighted by Crippen LogP contribution is -1.93. The Hall–Kier alpha value is -0.630. The van der Waals surface area contributed by atoms with Crippen molar-refractivity contribution in [3.63, 3.8) is 0 Å². The Morgan fingerprint density at radius 1 is 1.46 bits per heavy atom. The summed E-state index contributed by atoms with van der Waals surface area (Å²) in [6, 6.07) is 5.15. The van der Waals surface area contributed by atoms with Crippen molar-refractivity contribution in [3.8, 4) is 0 Å². The van der Waals surface area contributed by atoms with Crippen LogP contribution in [0.25, 0.3) is 0 Å². The normalized spacial score (nSPS) is 24.5. The minimum Gasteiger partial charge on any atom is -0.206 e. The van der Waals surface area contributed by atoms with Crippen molar-refractivity contribution in [1.82, 2.24) is 0 Å². The van der Waals surface area contributed by atoms with Crippen LogP contribution in [0.2, 0.25) is 5.02 Å². The van der Waals surface area contributed by atoms with E-state index in [1.54, 1.807) is 18.2 Å². The molecule has 1 aromatic carbocycles. The Morgan fingerprint density at radius 3 is 2.54 bits per heavy atom. The summed E-state index contributed by atoms with van der Waals surface area (Å²) in [4.78, 5) is 0. The molecule has 70 valence electrons. The van der Waals surface area contributed by atoms with Crippen LogP contribution in [0.3, 0.4) is 0 Å². The molecule has 13 heavy (non-hydrogen) atoms. The molecule has 2 rings (SSSR count). The van der Waals surface area contributed by atoms with Crippen LogP contribution >= 0.6 is 11.6 Å². The minimum absolute atomic E-state index is 0.0353. The van der Waals surface area contributed by atoms with Crippen LogP contribution in [-0.4, -0.2) is 5.92 Å². The van der Waals surface area contributed by atoms with Gasteiger partial charge in [0.1, 0.15) is 0 Å². The van der Waals surface area contributed by atoms with Gasteiger partial charge in [0, 0.05) is 11.4 Å². The van der Waals surface area contributed by atoms with Crippen LogP contribution in [0.15, 0.2) is 18.2 Å². The fourth-order valence-electron chi connectivity index (χ4n) is 1.40. The molecular weight excluding hydrogens is 194 g/mol. The molecule has 1 unspecified atom stereocenters. The van der Waals surface area contributed by atoms with Gasteiger partial charge in [0.25, 0.3) is 5.92 Å². The Bertz CT molecular complexity index is 347. The summed E-state index contributed by atoms with van der Waals surface area (Å²) < 4.78 is 25.3. The van der Waals surface area contributed by atoms with E-state index in [0.29, 0.717) is 10.6 Å². The predicted octanol–water partition coefficient (Wildman–Crippen LogP) is 3.77. The average Bonchev–Trinajstić information content (AvgIpc) is 2.66. The first-order chi connectivity index (χ1) is 6.00. The van der Waals surface area contributed by atoms with Gasteiger partial charge in [0.2, 0.25) is 0 Å². The number of hydrogen-bond acceptors (Lipinski definition) is 0. The second kappa shape index (κ2) is 2.68. The van der Waals surface area contributed by atoms with Crippen LogP contribution in [-0.2, 0) is 0 Å². The summed E-state index contributed by atoms with van der Waals surface area (Å²) in [7, 11) is 0. The third-order valence-corrected chi connectivity index (χ3v) is 2.83. The van der Waals surface area contributed by atoms with Crippen molar-refractivity contribution in [2.75, 3.05) is 0 Å². The molecule has 0 spiro atoms. The van der Waals surface area contributed by atoms with Crippen LogP contribution in [0.4, 0.5) is 8.78 Å². The quantitative estimate of drug-likeness (QED) is 0.650. The Morgan fingerprint density at radius 2 is 2.08 bits per heavy atom. The van der Waals surface area contributed by atoms with Crippen LogP contribution < -0.4 is 0 Å². The number of benzene rings is 1. The van der Waals surface area contributed by atoms with Crippen LogP contribution in [0, 0.1) is 6.92 Å². The summed E-state index contributed by atoms with van der Waals surface area (Å²) in [5.41, 5.74) is 1.58. The number of hydrogen-bond donors (Lipinski definition) is 0. The van der Waals surface area contributed by atoms with Gasteiger partial charge in [-0.15, -0.1) is 0 Å². The SMILES string of the molecule is Cc1ccc(C2CC2(F)F)cc1Cl. The molecule has 0 bridgehead atoms. The van der Waals surface area contributed by atoms with E-state index in [1.807, 2.05) is 6.92 Å². The zero-order chi connectivity index (χ0) is 9.64. The molecule has 1 aromatic rings. The van der Waals surface area contributed by atoms with Crippen molar-refractivity contribution in [3.05, 3.63) is 34.3 Å². The molecule has 1 aliphatic rings. The average molecular weight is 203 g/mol. The Labute approximate surface area is 80.5 Å². The topological polar surface area (TPSA) is 0 Å². The van der Waals surface area contributed by atoms with Gasteiger partial charge >= 0.3 is 0 Å². The summed E-state index contributed by atoms with van der Waals surface area (Å²) >= 11 is 5.83. The Balaban J connectivity index is 2.29. The molecule has 0 aliphatic heterocycles. The van der Waals surface area contributed by atoms with E-state index < -0.39 is 11.8 Å². The van der Waals surface area contributed by atoms with Crippen molar-refractivity contribution in [2.24, 2.45) is 0 Å². The van der Waals surface area contributed by atoms with Gasteiger partial charge in [-0.25, -0.2) is 8.78 Å². The monoisotopic (exact) mass is 202 g/mol. The van der Waals surface area contributed by atoms with Crippen molar-refractivity contribution < 1.29 is 8.78 Å². The molecule has 0 amide bonds. The lowest BCUT2D eigenvalue weighted by molar-refractivity contribution is 0.112. The van der Waals surface area contributed by atoms with E-state index in [9.17, 15) is 8.78 Å².